The number of carbonyl (C=O) groups excluding carboxylic acids is 1. The van der Waals surface area contributed by atoms with E-state index in [-0.39, 0.29) is 17.2 Å². The van der Waals surface area contributed by atoms with E-state index in [1.54, 1.807) is 60.5 Å². The molecule has 156 valence electrons. The minimum atomic E-state index is -3.79. The minimum absolute atomic E-state index is 0.0252. The zero-order chi connectivity index (χ0) is 20.9. The fourth-order valence-electron chi connectivity index (χ4n) is 3.15. The van der Waals surface area contributed by atoms with Crippen molar-refractivity contribution in [3.05, 3.63) is 59.7 Å². The number of hydrogen-bond acceptors (Lipinski definition) is 5. The van der Waals surface area contributed by atoms with Crippen molar-refractivity contribution in [3.63, 3.8) is 0 Å². The lowest BCUT2D eigenvalue weighted by Crippen LogP contribution is -2.42. The van der Waals surface area contributed by atoms with Gasteiger partial charge in [-0.1, -0.05) is 29.8 Å². The zero-order valence-corrected chi connectivity index (χ0v) is 17.4. The molecule has 0 unspecified atom stereocenters. The lowest BCUT2D eigenvalue weighted by Gasteiger charge is -2.29. The number of benzene rings is 2. The average Bonchev–Trinajstić information content (AvgIpc) is 2.74. The first kappa shape index (κ1) is 21.3. The molecule has 3 rings (SSSR count). The first-order valence-electron chi connectivity index (χ1n) is 9.47. The van der Waals surface area contributed by atoms with Crippen LogP contribution in [-0.4, -0.2) is 52.6 Å². The van der Waals surface area contributed by atoms with Gasteiger partial charge < -0.3 is 14.4 Å². The van der Waals surface area contributed by atoms with Gasteiger partial charge in [-0.15, -0.1) is 0 Å². The van der Waals surface area contributed by atoms with Gasteiger partial charge >= 0.3 is 0 Å². The van der Waals surface area contributed by atoms with Crippen LogP contribution in [0.4, 0.5) is 0 Å². The van der Waals surface area contributed by atoms with E-state index in [4.69, 9.17) is 9.47 Å². The highest BCUT2D eigenvalue weighted by atomic mass is 32.2. The van der Waals surface area contributed by atoms with Gasteiger partial charge in [0, 0.05) is 19.5 Å². The molecule has 1 N–H and O–H groups in total. The largest absolute Gasteiger partial charge is 0.497 e. The molecule has 1 atom stereocenters. The zero-order valence-electron chi connectivity index (χ0n) is 16.6. The Morgan fingerprint density at radius 2 is 1.72 bits per heavy atom. The van der Waals surface area contributed by atoms with E-state index in [0.29, 0.717) is 37.6 Å². The monoisotopic (exact) mass is 418 g/mol. The number of morpholine rings is 1. The molecule has 2 aromatic carbocycles. The first-order chi connectivity index (χ1) is 13.9. The van der Waals surface area contributed by atoms with Gasteiger partial charge in [0.15, 0.2) is 0 Å². The third kappa shape index (κ3) is 5.56. The summed E-state index contributed by atoms with van der Waals surface area (Å²) in [6.07, 6.45) is 0.0252. The summed E-state index contributed by atoms with van der Waals surface area (Å²) in [6, 6.07) is 13.0. The number of sulfonamides is 1. The Hall–Kier alpha value is -2.42. The normalized spacial score (nSPS) is 15.7. The lowest BCUT2D eigenvalue weighted by molar-refractivity contribution is -0.135. The number of nitrogens with one attached hydrogen (secondary N) is 1. The number of aryl methyl sites for hydroxylation is 1. The van der Waals surface area contributed by atoms with Gasteiger partial charge in [-0.05, 0) is 36.8 Å². The number of nitrogens with zero attached hydrogens (tertiary/aromatic N) is 1. The summed E-state index contributed by atoms with van der Waals surface area (Å²) in [4.78, 5) is 14.7. The summed E-state index contributed by atoms with van der Waals surface area (Å²) in [5.41, 5.74) is 1.67. The molecule has 0 aromatic heterocycles. The molecule has 1 saturated heterocycles. The van der Waals surface area contributed by atoms with Gasteiger partial charge in [-0.3, -0.25) is 4.79 Å². The molecular formula is C21H26N2O5S. The van der Waals surface area contributed by atoms with Crippen LogP contribution in [0.5, 0.6) is 5.75 Å². The molecule has 0 spiro atoms. The van der Waals surface area contributed by atoms with Crippen LogP contribution in [0.1, 0.15) is 23.6 Å². The maximum Gasteiger partial charge on any atom is 0.241 e. The molecule has 1 heterocycles. The summed E-state index contributed by atoms with van der Waals surface area (Å²) in [7, 11) is -2.23. The van der Waals surface area contributed by atoms with Crippen LogP contribution in [0.15, 0.2) is 53.4 Å². The molecule has 1 aliphatic rings. The third-order valence-electron chi connectivity index (χ3n) is 4.89. The van der Waals surface area contributed by atoms with E-state index >= 15 is 0 Å². The van der Waals surface area contributed by atoms with Crippen molar-refractivity contribution in [1.82, 2.24) is 9.62 Å². The van der Waals surface area contributed by atoms with Crippen LogP contribution >= 0.6 is 0 Å². The van der Waals surface area contributed by atoms with Crippen molar-refractivity contribution in [2.45, 2.75) is 24.3 Å². The van der Waals surface area contributed by atoms with Gasteiger partial charge in [0.25, 0.3) is 0 Å². The number of carbonyl (C=O) groups is 1. The van der Waals surface area contributed by atoms with Crippen molar-refractivity contribution in [3.8, 4) is 5.75 Å². The van der Waals surface area contributed by atoms with Crippen molar-refractivity contribution < 1.29 is 22.7 Å². The Morgan fingerprint density at radius 3 is 2.31 bits per heavy atom. The van der Waals surface area contributed by atoms with Gasteiger partial charge in [0.05, 0.1) is 31.3 Å². The van der Waals surface area contributed by atoms with E-state index < -0.39 is 16.1 Å². The Labute approximate surface area is 171 Å². The maximum absolute atomic E-state index is 12.9. The predicted octanol–water partition coefficient (Wildman–Crippen LogP) is 2.27. The van der Waals surface area contributed by atoms with Crippen LogP contribution in [0.2, 0.25) is 0 Å². The Bertz CT molecular complexity index is 921. The molecule has 1 fully saturated rings. The second kappa shape index (κ2) is 9.39. The number of ether oxygens (including phenoxy) is 2. The molecule has 0 aliphatic carbocycles. The fraction of sp³-hybridized carbons (Fsp3) is 0.381. The molecule has 2 aromatic rings. The molecule has 1 aliphatic heterocycles. The van der Waals surface area contributed by atoms with E-state index in [1.165, 1.54) is 0 Å². The average molecular weight is 419 g/mol. The minimum Gasteiger partial charge on any atom is -0.497 e. The van der Waals surface area contributed by atoms with Crippen LogP contribution in [0.3, 0.4) is 0 Å². The molecule has 0 radical (unpaired) electrons. The fourth-order valence-corrected chi connectivity index (χ4v) is 4.38. The quantitative estimate of drug-likeness (QED) is 0.746. The van der Waals surface area contributed by atoms with Crippen LogP contribution in [-0.2, 0) is 19.6 Å². The molecule has 1 amide bonds. The number of hydrogen-bond donors (Lipinski definition) is 1. The van der Waals surface area contributed by atoms with Crippen molar-refractivity contribution in [2.75, 3.05) is 33.4 Å². The van der Waals surface area contributed by atoms with Crippen LogP contribution < -0.4 is 9.46 Å². The third-order valence-corrected chi connectivity index (χ3v) is 6.38. The number of amides is 1. The highest BCUT2D eigenvalue weighted by molar-refractivity contribution is 7.89. The van der Waals surface area contributed by atoms with Gasteiger partial charge in [-0.2, -0.15) is 0 Å². The maximum atomic E-state index is 12.9. The molecular weight excluding hydrogens is 392 g/mol. The Kier molecular flexibility index (Phi) is 6.89. The predicted molar refractivity (Wildman–Crippen MR) is 109 cm³/mol. The summed E-state index contributed by atoms with van der Waals surface area (Å²) in [5, 5.41) is 0. The Balaban J connectivity index is 1.84. The number of rotatable bonds is 7. The molecule has 0 bridgehead atoms. The van der Waals surface area contributed by atoms with E-state index in [9.17, 15) is 13.2 Å². The molecule has 0 saturated carbocycles. The van der Waals surface area contributed by atoms with Gasteiger partial charge in [0.2, 0.25) is 15.9 Å². The van der Waals surface area contributed by atoms with E-state index in [2.05, 4.69) is 4.72 Å². The molecule has 29 heavy (non-hydrogen) atoms. The second-order valence-electron chi connectivity index (χ2n) is 6.96. The molecule has 7 nitrogen and oxygen atoms in total. The number of methoxy groups -OCH3 is 1. The summed E-state index contributed by atoms with van der Waals surface area (Å²) < 4.78 is 39.0. The smallest absolute Gasteiger partial charge is 0.241 e. The van der Waals surface area contributed by atoms with Crippen molar-refractivity contribution >= 4 is 15.9 Å². The second-order valence-corrected chi connectivity index (χ2v) is 8.67. The summed E-state index contributed by atoms with van der Waals surface area (Å²) in [6.45, 7) is 3.91. The SMILES string of the molecule is COc1ccc([C@H](CC(=O)N2CCOCC2)NS(=O)(=O)c2ccc(C)cc2)cc1. The van der Waals surface area contributed by atoms with Crippen LogP contribution in [0, 0.1) is 6.92 Å². The summed E-state index contributed by atoms with van der Waals surface area (Å²) in [5.74, 6) is 0.550. The summed E-state index contributed by atoms with van der Waals surface area (Å²) >= 11 is 0. The lowest BCUT2D eigenvalue weighted by atomic mass is 10.0. The van der Waals surface area contributed by atoms with Crippen molar-refractivity contribution in [2.24, 2.45) is 0 Å². The van der Waals surface area contributed by atoms with Crippen molar-refractivity contribution in [1.29, 1.82) is 0 Å². The standard InChI is InChI=1S/C21H26N2O5S/c1-16-3-9-19(10-4-16)29(25,26)22-20(17-5-7-18(27-2)8-6-17)15-21(24)23-11-13-28-14-12-23/h3-10,20,22H,11-15H2,1-2H3/t20-/m0/s1. The van der Waals surface area contributed by atoms with E-state index in [0.717, 1.165) is 5.56 Å². The molecule has 8 heteroatoms. The van der Waals surface area contributed by atoms with E-state index in [1.807, 2.05) is 6.92 Å². The van der Waals surface area contributed by atoms with Gasteiger partial charge in [-0.25, -0.2) is 13.1 Å². The van der Waals surface area contributed by atoms with Gasteiger partial charge in [0.1, 0.15) is 5.75 Å². The topological polar surface area (TPSA) is 84.9 Å². The Morgan fingerprint density at radius 1 is 1.10 bits per heavy atom. The highest BCUT2D eigenvalue weighted by Gasteiger charge is 2.26. The highest BCUT2D eigenvalue weighted by Crippen LogP contribution is 2.24. The van der Waals surface area contributed by atoms with Crippen LogP contribution in [0.25, 0.3) is 0 Å². The first-order valence-corrected chi connectivity index (χ1v) is 11.0.